The predicted octanol–water partition coefficient (Wildman–Crippen LogP) is 4.65. The van der Waals surface area contributed by atoms with E-state index in [2.05, 4.69) is 28.2 Å². The number of nitrogens with one attached hydrogen (secondary N) is 1. The summed E-state index contributed by atoms with van der Waals surface area (Å²) in [5.74, 6) is 1.53. The van der Waals surface area contributed by atoms with Gasteiger partial charge in [0.05, 0.1) is 5.02 Å². The fraction of sp³-hybridized carbons (Fsp3) is 0.600. The maximum Gasteiger partial charge on any atom is 0.139 e. The summed E-state index contributed by atoms with van der Waals surface area (Å²) in [5.41, 5.74) is 0. The minimum atomic E-state index is 0.648. The SMILES string of the molecule is CC1CCCCC1NCCOc1cc(Br)ccc1Cl. The Morgan fingerprint density at radius 3 is 2.95 bits per heavy atom. The first-order valence-electron chi connectivity index (χ1n) is 6.98. The summed E-state index contributed by atoms with van der Waals surface area (Å²) in [5, 5.41) is 4.26. The van der Waals surface area contributed by atoms with E-state index in [1.54, 1.807) is 0 Å². The van der Waals surface area contributed by atoms with Crippen LogP contribution in [0.5, 0.6) is 5.75 Å². The molecule has 0 radical (unpaired) electrons. The second-order valence-electron chi connectivity index (χ2n) is 5.25. The van der Waals surface area contributed by atoms with Crippen molar-refractivity contribution in [2.45, 2.75) is 38.6 Å². The largest absolute Gasteiger partial charge is 0.491 e. The first-order chi connectivity index (χ1) is 9.16. The highest BCUT2D eigenvalue weighted by Crippen LogP contribution is 2.28. The molecule has 2 unspecified atom stereocenters. The first kappa shape index (κ1) is 15.1. The van der Waals surface area contributed by atoms with Crippen LogP contribution in [0.3, 0.4) is 0 Å². The number of benzene rings is 1. The average Bonchev–Trinajstić information content (AvgIpc) is 2.40. The standard InChI is InChI=1S/C15H21BrClNO/c1-11-4-2-3-5-14(11)18-8-9-19-15-10-12(16)6-7-13(15)17/h6-7,10-11,14,18H,2-5,8-9H2,1H3. The molecule has 1 aromatic carbocycles. The molecule has 1 saturated carbocycles. The lowest BCUT2D eigenvalue weighted by Gasteiger charge is -2.29. The van der Waals surface area contributed by atoms with E-state index in [0.29, 0.717) is 17.7 Å². The molecule has 1 aromatic rings. The molecule has 106 valence electrons. The van der Waals surface area contributed by atoms with Crippen molar-refractivity contribution in [2.24, 2.45) is 5.92 Å². The molecule has 0 saturated heterocycles. The third kappa shape index (κ3) is 4.66. The summed E-state index contributed by atoms with van der Waals surface area (Å²) in [7, 11) is 0. The molecule has 0 aromatic heterocycles. The van der Waals surface area contributed by atoms with Gasteiger partial charge in [-0.15, -0.1) is 0 Å². The molecule has 0 spiro atoms. The van der Waals surface area contributed by atoms with Gasteiger partial charge in [0.15, 0.2) is 0 Å². The van der Waals surface area contributed by atoms with Gasteiger partial charge in [-0.1, -0.05) is 47.3 Å². The van der Waals surface area contributed by atoms with Gasteiger partial charge in [-0.2, -0.15) is 0 Å². The van der Waals surface area contributed by atoms with Gasteiger partial charge in [-0.25, -0.2) is 0 Å². The normalized spacial score (nSPS) is 23.3. The second kappa shape index (κ2) is 7.51. The summed E-state index contributed by atoms with van der Waals surface area (Å²) in [6, 6.07) is 6.32. The van der Waals surface area contributed by atoms with Gasteiger partial charge in [0.1, 0.15) is 12.4 Å². The molecule has 0 aliphatic heterocycles. The van der Waals surface area contributed by atoms with E-state index in [9.17, 15) is 0 Å². The Kier molecular flexibility index (Phi) is 5.99. The Balaban J connectivity index is 1.73. The molecule has 0 bridgehead atoms. The van der Waals surface area contributed by atoms with Crippen LogP contribution in [0.2, 0.25) is 5.02 Å². The lowest BCUT2D eigenvalue weighted by atomic mass is 9.86. The lowest BCUT2D eigenvalue weighted by Crippen LogP contribution is -2.39. The van der Waals surface area contributed by atoms with Crippen LogP contribution in [-0.4, -0.2) is 19.2 Å². The first-order valence-corrected chi connectivity index (χ1v) is 8.15. The van der Waals surface area contributed by atoms with Crippen LogP contribution in [0.25, 0.3) is 0 Å². The van der Waals surface area contributed by atoms with E-state index in [1.807, 2.05) is 18.2 Å². The highest BCUT2D eigenvalue weighted by molar-refractivity contribution is 9.10. The molecule has 0 heterocycles. The van der Waals surface area contributed by atoms with Crippen molar-refractivity contribution in [3.63, 3.8) is 0 Å². The summed E-state index contributed by atoms with van der Waals surface area (Å²) in [6.45, 7) is 3.86. The predicted molar refractivity (Wildman–Crippen MR) is 84.1 cm³/mol. The van der Waals surface area contributed by atoms with Crippen LogP contribution in [0.15, 0.2) is 22.7 Å². The fourth-order valence-electron chi connectivity index (χ4n) is 2.61. The Morgan fingerprint density at radius 1 is 1.37 bits per heavy atom. The van der Waals surface area contributed by atoms with E-state index in [0.717, 1.165) is 22.7 Å². The molecule has 1 fully saturated rings. The third-order valence-electron chi connectivity index (χ3n) is 3.77. The molecular weight excluding hydrogens is 326 g/mol. The highest BCUT2D eigenvalue weighted by atomic mass is 79.9. The Labute approximate surface area is 129 Å². The maximum absolute atomic E-state index is 6.08. The zero-order chi connectivity index (χ0) is 13.7. The second-order valence-corrected chi connectivity index (χ2v) is 6.57. The van der Waals surface area contributed by atoms with Crippen molar-refractivity contribution in [2.75, 3.05) is 13.2 Å². The number of hydrogen-bond donors (Lipinski definition) is 1. The Morgan fingerprint density at radius 2 is 2.16 bits per heavy atom. The minimum absolute atomic E-state index is 0.648. The van der Waals surface area contributed by atoms with Gasteiger partial charge in [-0.05, 0) is 37.0 Å². The van der Waals surface area contributed by atoms with Crippen LogP contribution >= 0.6 is 27.5 Å². The summed E-state index contributed by atoms with van der Waals surface area (Å²) >= 11 is 9.50. The zero-order valence-corrected chi connectivity index (χ0v) is 13.6. The van der Waals surface area contributed by atoms with E-state index in [4.69, 9.17) is 16.3 Å². The van der Waals surface area contributed by atoms with E-state index in [-0.39, 0.29) is 0 Å². The van der Waals surface area contributed by atoms with Gasteiger partial charge in [0.25, 0.3) is 0 Å². The van der Waals surface area contributed by atoms with Crippen LogP contribution in [-0.2, 0) is 0 Å². The van der Waals surface area contributed by atoms with Crippen molar-refractivity contribution in [3.8, 4) is 5.75 Å². The Bertz CT molecular complexity index is 413. The van der Waals surface area contributed by atoms with Gasteiger partial charge >= 0.3 is 0 Å². The molecule has 2 atom stereocenters. The number of rotatable bonds is 5. The van der Waals surface area contributed by atoms with Crippen LogP contribution in [0.1, 0.15) is 32.6 Å². The quantitative estimate of drug-likeness (QED) is 0.784. The van der Waals surface area contributed by atoms with Crippen molar-refractivity contribution in [1.82, 2.24) is 5.32 Å². The zero-order valence-electron chi connectivity index (χ0n) is 11.3. The molecule has 2 nitrogen and oxygen atoms in total. The highest BCUT2D eigenvalue weighted by Gasteiger charge is 2.20. The maximum atomic E-state index is 6.08. The fourth-order valence-corrected chi connectivity index (χ4v) is 3.12. The van der Waals surface area contributed by atoms with Crippen molar-refractivity contribution < 1.29 is 4.74 Å². The molecule has 1 aliphatic rings. The number of hydrogen-bond acceptors (Lipinski definition) is 2. The van der Waals surface area contributed by atoms with Gasteiger partial charge in [0, 0.05) is 17.1 Å². The average molecular weight is 347 g/mol. The smallest absolute Gasteiger partial charge is 0.139 e. The number of halogens is 2. The van der Waals surface area contributed by atoms with Crippen LogP contribution in [0, 0.1) is 5.92 Å². The molecule has 4 heteroatoms. The third-order valence-corrected chi connectivity index (χ3v) is 4.58. The van der Waals surface area contributed by atoms with Crippen LogP contribution < -0.4 is 10.1 Å². The lowest BCUT2D eigenvalue weighted by molar-refractivity contribution is 0.251. The van der Waals surface area contributed by atoms with E-state index >= 15 is 0 Å². The molecule has 0 amide bonds. The molecule has 1 aliphatic carbocycles. The summed E-state index contributed by atoms with van der Waals surface area (Å²) in [4.78, 5) is 0. The molecule has 2 rings (SSSR count). The topological polar surface area (TPSA) is 21.3 Å². The van der Waals surface area contributed by atoms with Gasteiger partial charge in [-0.3, -0.25) is 0 Å². The number of ether oxygens (including phenoxy) is 1. The van der Waals surface area contributed by atoms with Crippen molar-refractivity contribution in [3.05, 3.63) is 27.7 Å². The van der Waals surface area contributed by atoms with Crippen molar-refractivity contribution in [1.29, 1.82) is 0 Å². The minimum Gasteiger partial charge on any atom is -0.491 e. The van der Waals surface area contributed by atoms with Crippen LogP contribution in [0.4, 0.5) is 0 Å². The molecule has 19 heavy (non-hydrogen) atoms. The van der Waals surface area contributed by atoms with Gasteiger partial charge in [0.2, 0.25) is 0 Å². The Hall–Kier alpha value is -0.250. The summed E-state index contributed by atoms with van der Waals surface area (Å²) < 4.78 is 6.71. The van der Waals surface area contributed by atoms with E-state index < -0.39 is 0 Å². The molecule has 1 N–H and O–H groups in total. The monoisotopic (exact) mass is 345 g/mol. The molecular formula is C15H21BrClNO. The summed E-state index contributed by atoms with van der Waals surface area (Å²) in [6.07, 6.45) is 5.36. The van der Waals surface area contributed by atoms with E-state index in [1.165, 1.54) is 25.7 Å². The van der Waals surface area contributed by atoms with Crippen molar-refractivity contribution >= 4 is 27.5 Å². The van der Waals surface area contributed by atoms with Gasteiger partial charge < -0.3 is 10.1 Å².